The minimum atomic E-state index is -0.865. The topological polar surface area (TPSA) is 75.5 Å². The average molecular weight is 279 g/mol. The van der Waals surface area contributed by atoms with E-state index in [1.807, 2.05) is 13.8 Å². The van der Waals surface area contributed by atoms with Gasteiger partial charge in [0.15, 0.2) is 0 Å². The molecule has 0 aromatic carbocycles. The number of carboxylic acid groups (broad SMARTS) is 1. The van der Waals surface area contributed by atoms with Gasteiger partial charge in [0, 0.05) is 18.3 Å². The Hall–Kier alpha value is -1.85. The van der Waals surface area contributed by atoms with Crippen molar-refractivity contribution >= 4 is 11.9 Å². The molecule has 6 nitrogen and oxygen atoms in total. The van der Waals surface area contributed by atoms with E-state index in [-0.39, 0.29) is 18.7 Å². The van der Waals surface area contributed by atoms with Gasteiger partial charge in [-0.25, -0.2) is 4.98 Å². The van der Waals surface area contributed by atoms with Crippen LogP contribution in [0.2, 0.25) is 0 Å². The number of ether oxygens (including phenoxy) is 1. The van der Waals surface area contributed by atoms with Crippen LogP contribution in [0.3, 0.4) is 0 Å². The zero-order chi connectivity index (χ0) is 14.5. The van der Waals surface area contributed by atoms with Crippen LogP contribution in [-0.4, -0.2) is 39.7 Å². The molecule has 0 saturated heterocycles. The summed E-state index contributed by atoms with van der Waals surface area (Å²) in [4.78, 5) is 21.4. The molecule has 1 aliphatic carbocycles. The Kier molecular flexibility index (Phi) is 4.76. The number of aromatic nitrogens is 2. The summed E-state index contributed by atoms with van der Waals surface area (Å²) in [6.07, 6.45) is 5.88. The zero-order valence-corrected chi connectivity index (χ0v) is 12.0. The molecule has 20 heavy (non-hydrogen) atoms. The van der Waals surface area contributed by atoms with Crippen LogP contribution >= 0.6 is 0 Å². The number of carboxylic acids is 1. The van der Waals surface area contributed by atoms with Gasteiger partial charge in [-0.2, -0.15) is 4.98 Å². The Morgan fingerprint density at radius 3 is 2.80 bits per heavy atom. The van der Waals surface area contributed by atoms with Gasteiger partial charge in [-0.1, -0.05) is 12.8 Å². The molecule has 1 N–H and O–H groups in total. The highest BCUT2D eigenvalue weighted by atomic mass is 16.5. The van der Waals surface area contributed by atoms with Crippen molar-refractivity contribution in [3.8, 4) is 5.88 Å². The fraction of sp³-hybridized carbons (Fsp3) is 0.643. The molecule has 0 aliphatic heterocycles. The Balaban J connectivity index is 2.20. The van der Waals surface area contributed by atoms with Gasteiger partial charge in [0.1, 0.15) is 6.54 Å². The molecule has 1 saturated carbocycles. The molecule has 1 aliphatic rings. The molecule has 1 fully saturated rings. The van der Waals surface area contributed by atoms with Crippen molar-refractivity contribution in [1.29, 1.82) is 0 Å². The number of hydrogen-bond acceptors (Lipinski definition) is 5. The molecule has 110 valence electrons. The standard InChI is InChI=1S/C14H21N3O3/c1-10(2)20-12-7-8-15-14(16-12)17(9-13(18)19)11-5-3-4-6-11/h7-8,10-11H,3-6,9H2,1-2H3,(H,18,19). The van der Waals surface area contributed by atoms with Gasteiger partial charge < -0.3 is 14.7 Å². The van der Waals surface area contributed by atoms with Gasteiger partial charge in [-0.05, 0) is 26.7 Å². The Bertz CT molecular complexity index is 459. The third kappa shape index (κ3) is 3.82. The van der Waals surface area contributed by atoms with Crippen molar-refractivity contribution in [3.05, 3.63) is 12.3 Å². The van der Waals surface area contributed by atoms with Crippen LogP contribution in [0.25, 0.3) is 0 Å². The minimum absolute atomic E-state index is 0.0251. The van der Waals surface area contributed by atoms with Crippen LogP contribution < -0.4 is 9.64 Å². The van der Waals surface area contributed by atoms with E-state index in [4.69, 9.17) is 9.84 Å². The zero-order valence-electron chi connectivity index (χ0n) is 12.0. The van der Waals surface area contributed by atoms with E-state index in [1.165, 1.54) is 0 Å². The second kappa shape index (κ2) is 6.54. The number of nitrogens with zero attached hydrogens (tertiary/aromatic N) is 3. The normalized spacial score (nSPS) is 15.6. The monoisotopic (exact) mass is 279 g/mol. The van der Waals surface area contributed by atoms with Gasteiger partial charge in [0.25, 0.3) is 0 Å². The van der Waals surface area contributed by atoms with Crippen molar-refractivity contribution in [1.82, 2.24) is 9.97 Å². The predicted molar refractivity (Wildman–Crippen MR) is 75.0 cm³/mol. The van der Waals surface area contributed by atoms with Gasteiger partial charge >= 0.3 is 5.97 Å². The van der Waals surface area contributed by atoms with Crippen molar-refractivity contribution in [2.45, 2.75) is 51.7 Å². The van der Waals surface area contributed by atoms with Gasteiger partial charge in [-0.3, -0.25) is 4.79 Å². The first-order valence-corrected chi connectivity index (χ1v) is 7.04. The second-order valence-corrected chi connectivity index (χ2v) is 5.32. The smallest absolute Gasteiger partial charge is 0.323 e. The van der Waals surface area contributed by atoms with Crippen molar-refractivity contribution in [2.75, 3.05) is 11.4 Å². The first-order valence-electron chi connectivity index (χ1n) is 7.04. The predicted octanol–water partition coefficient (Wildman–Crippen LogP) is 2.10. The highest BCUT2D eigenvalue weighted by Crippen LogP contribution is 2.26. The van der Waals surface area contributed by atoms with E-state index in [0.717, 1.165) is 25.7 Å². The number of rotatable bonds is 6. The van der Waals surface area contributed by atoms with E-state index in [0.29, 0.717) is 11.8 Å². The molecule has 2 rings (SSSR count). The summed E-state index contributed by atoms with van der Waals surface area (Å²) in [6, 6.07) is 1.90. The second-order valence-electron chi connectivity index (χ2n) is 5.32. The molecule has 0 amide bonds. The summed E-state index contributed by atoms with van der Waals surface area (Å²) in [5.74, 6) is 0.0616. The molecule has 0 unspecified atom stereocenters. The van der Waals surface area contributed by atoms with E-state index in [1.54, 1.807) is 17.2 Å². The quantitative estimate of drug-likeness (QED) is 0.859. The largest absolute Gasteiger partial charge is 0.480 e. The molecule has 1 heterocycles. The van der Waals surface area contributed by atoms with Gasteiger partial charge in [0.2, 0.25) is 11.8 Å². The van der Waals surface area contributed by atoms with E-state index >= 15 is 0 Å². The van der Waals surface area contributed by atoms with Crippen LogP contribution in [0, 0.1) is 0 Å². The fourth-order valence-corrected chi connectivity index (χ4v) is 2.50. The molecule has 0 radical (unpaired) electrons. The summed E-state index contributed by atoms with van der Waals surface area (Å²) < 4.78 is 5.55. The Morgan fingerprint density at radius 1 is 1.50 bits per heavy atom. The van der Waals surface area contributed by atoms with Gasteiger partial charge in [0.05, 0.1) is 6.10 Å². The maximum absolute atomic E-state index is 11.1. The lowest BCUT2D eigenvalue weighted by Gasteiger charge is -2.27. The summed E-state index contributed by atoms with van der Waals surface area (Å²) in [6.45, 7) is 3.78. The van der Waals surface area contributed by atoms with Crippen molar-refractivity contribution in [3.63, 3.8) is 0 Å². The van der Waals surface area contributed by atoms with Crippen LogP contribution in [0.5, 0.6) is 5.88 Å². The first kappa shape index (κ1) is 14.6. The maximum Gasteiger partial charge on any atom is 0.323 e. The van der Waals surface area contributed by atoms with Gasteiger partial charge in [-0.15, -0.1) is 0 Å². The fourth-order valence-electron chi connectivity index (χ4n) is 2.50. The molecule has 1 aromatic heterocycles. The first-order chi connectivity index (χ1) is 9.56. The van der Waals surface area contributed by atoms with Crippen molar-refractivity contribution < 1.29 is 14.6 Å². The van der Waals surface area contributed by atoms with E-state index in [2.05, 4.69) is 9.97 Å². The average Bonchev–Trinajstić information content (AvgIpc) is 2.89. The molecular formula is C14H21N3O3. The summed E-state index contributed by atoms with van der Waals surface area (Å²) in [5.41, 5.74) is 0. The molecule has 0 spiro atoms. The number of anilines is 1. The molecule has 0 bridgehead atoms. The van der Waals surface area contributed by atoms with Crippen LogP contribution in [0.4, 0.5) is 5.95 Å². The third-order valence-electron chi connectivity index (χ3n) is 3.30. The highest BCUT2D eigenvalue weighted by Gasteiger charge is 2.26. The SMILES string of the molecule is CC(C)Oc1ccnc(N(CC(=O)O)C2CCCC2)n1. The minimum Gasteiger partial charge on any atom is -0.480 e. The summed E-state index contributed by atoms with van der Waals surface area (Å²) in [5, 5.41) is 9.09. The molecule has 1 aromatic rings. The lowest BCUT2D eigenvalue weighted by atomic mass is 10.2. The summed E-state index contributed by atoms with van der Waals surface area (Å²) in [7, 11) is 0. The summed E-state index contributed by atoms with van der Waals surface area (Å²) >= 11 is 0. The van der Waals surface area contributed by atoms with Crippen LogP contribution in [-0.2, 0) is 4.79 Å². The van der Waals surface area contributed by atoms with E-state index < -0.39 is 5.97 Å². The Labute approximate surface area is 118 Å². The number of aliphatic carboxylic acids is 1. The Morgan fingerprint density at radius 2 is 2.20 bits per heavy atom. The molecule has 0 atom stereocenters. The highest BCUT2D eigenvalue weighted by molar-refractivity contribution is 5.73. The molecule has 6 heteroatoms. The van der Waals surface area contributed by atoms with E-state index in [9.17, 15) is 4.79 Å². The van der Waals surface area contributed by atoms with Crippen LogP contribution in [0.1, 0.15) is 39.5 Å². The maximum atomic E-state index is 11.1. The van der Waals surface area contributed by atoms with Crippen molar-refractivity contribution in [2.24, 2.45) is 0 Å². The number of hydrogen-bond donors (Lipinski definition) is 1. The third-order valence-corrected chi connectivity index (χ3v) is 3.30. The lowest BCUT2D eigenvalue weighted by Crippen LogP contribution is -2.38. The molecular weight excluding hydrogens is 258 g/mol. The van der Waals surface area contributed by atoms with Crippen LogP contribution in [0.15, 0.2) is 12.3 Å². The lowest BCUT2D eigenvalue weighted by molar-refractivity contribution is -0.135. The number of carbonyl (C=O) groups is 1.